The van der Waals surface area contributed by atoms with Crippen molar-refractivity contribution in [3.63, 3.8) is 0 Å². The van der Waals surface area contributed by atoms with Gasteiger partial charge in [0.25, 0.3) is 0 Å². The van der Waals surface area contributed by atoms with Gasteiger partial charge in [-0.25, -0.2) is 15.0 Å². The number of rotatable bonds is 7. The lowest BCUT2D eigenvalue weighted by molar-refractivity contribution is 0.408. The van der Waals surface area contributed by atoms with E-state index in [1.54, 1.807) is 13.3 Å². The number of imidazole rings is 1. The van der Waals surface area contributed by atoms with Crippen molar-refractivity contribution in [3.8, 4) is 11.6 Å². The first-order valence-corrected chi connectivity index (χ1v) is 9.71. The second kappa shape index (κ2) is 9.73. The fourth-order valence-electron chi connectivity index (χ4n) is 2.96. The number of methoxy groups -OCH3 is 1. The Kier molecular flexibility index (Phi) is 6.84. The van der Waals surface area contributed by atoms with Crippen molar-refractivity contribution in [2.24, 2.45) is 4.99 Å². The minimum atomic E-state index is 0.538. The number of hydrogen-bond donors (Lipinski definition) is 2. The van der Waals surface area contributed by atoms with E-state index in [4.69, 9.17) is 4.74 Å². The molecule has 1 aromatic carbocycles. The van der Waals surface area contributed by atoms with Crippen molar-refractivity contribution in [2.75, 3.05) is 13.7 Å². The molecule has 0 unspecified atom stereocenters. The summed E-state index contributed by atoms with van der Waals surface area (Å²) < 4.78 is 7.43. The molecular formula is C22H28N6O. The smallest absolute Gasteiger partial charge is 0.191 e. The number of aliphatic imine (C=N–C) groups is 1. The highest BCUT2D eigenvalue weighted by Crippen LogP contribution is 2.19. The molecule has 0 bridgehead atoms. The van der Waals surface area contributed by atoms with Crippen LogP contribution in [0, 0.1) is 13.8 Å². The molecule has 0 aliphatic heterocycles. The van der Waals surface area contributed by atoms with Gasteiger partial charge in [-0.05, 0) is 44.0 Å². The van der Waals surface area contributed by atoms with Gasteiger partial charge in [0.2, 0.25) is 0 Å². The van der Waals surface area contributed by atoms with Crippen LogP contribution in [-0.4, -0.2) is 34.1 Å². The average molecular weight is 393 g/mol. The predicted molar refractivity (Wildman–Crippen MR) is 115 cm³/mol. The summed E-state index contributed by atoms with van der Waals surface area (Å²) in [5.74, 6) is 3.39. The fraction of sp³-hybridized carbons (Fsp3) is 0.318. The van der Waals surface area contributed by atoms with Crippen LogP contribution in [0.15, 0.2) is 53.9 Å². The first-order chi connectivity index (χ1) is 14.1. The predicted octanol–water partition coefficient (Wildman–Crippen LogP) is 3.15. The zero-order chi connectivity index (χ0) is 20.6. The van der Waals surface area contributed by atoms with Crippen LogP contribution in [-0.2, 0) is 13.1 Å². The summed E-state index contributed by atoms with van der Waals surface area (Å²) in [6.45, 7) is 8.01. The number of benzene rings is 1. The van der Waals surface area contributed by atoms with Gasteiger partial charge in [-0.3, -0.25) is 4.57 Å². The third-order valence-corrected chi connectivity index (χ3v) is 4.53. The highest BCUT2D eigenvalue weighted by atomic mass is 16.5. The molecule has 2 aromatic heterocycles. The molecule has 7 heteroatoms. The molecule has 3 rings (SSSR count). The number of aromatic nitrogens is 3. The summed E-state index contributed by atoms with van der Waals surface area (Å²) in [4.78, 5) is 13.4. The molecule has 0 aliphatic carbocycles. The molecule has 0 aliphatic rings. The maximum Gasteiger partial charge on any atom is 0.191 e. The number of nitrogens with zero attached hydrogens (tertiary/aromatic N) is 4. The van der Waals surface area contributed by atoms with Gasteiger partial charge in [0, 0.05) is 37.2 Å². The van der Waals surface area contributed by atoms with E-state index in [9.17, 15) is 0 Å². The molecule has 0 radical (unpaired) electrons. The molecular weight excluding hydrogens is 364 g/mol. The molecule has 152 valence electrons. The molecule has 0 saturated heterocycles. The molecule has 0 atom stereocenters. The molecule has 2 heterocycles. The molecule has 3 aromatic rings. The van der Waals surface area contributed by atoms with E-state index in [2.05, 4.69) is 44.7 Å². The van der Waals surface area contributed by atoms with E-state index < -0.39 is 0 Å². The Balaban J connectivity index is 1.65. The lowest BCUT2D eigenvalue weighted by Crippen LogP contribution is -2.36. The van der Waals surface area contributed by atoms with Crippen molar-refractivity contribution >= 4 is 5.96 Å². The first kappa shape index (κ1) is 20.4. The summed E-state index contributed by atoms with van der Waals surface area (Å²) in [6, 6.07) is 10.2. The van der Waals surface area contributed by atoms with Crippen molar-refractivity contribution in [1.82, 2.24) is 25.2 Å². The largest absolute Gasteiger partial charge is 0.496 e. The van der Waals surface area contributed by atoms with Crippen molar-refractivity contribution in [2.45, 2.75) is 33.9 Å². The Bertz CT molecular complexity index is 962. The molecule has 2 N–H and O–H groups in total. The minimum absolute atomic E-state index is 0.538. The number of ether oxygens (including phenoxy) is 1. The molecule has 0 fully saturated rings. The summed E-state index contributed by atoms with van der Waals surface area (Å²) in [5, 5.41) is 6.65. The van der Waals surface area contributed by atoms with Gasteiger partial charge in [0.15, 0.2) is 5.96 Å². The molecule has 0 spiro atoms. The topological polar surface area (TPSA) is 76.4 Å². The van der Waals surface area contributed by atoms with Gasteiger partial charge in [-0.1, -0.05) is 18.2 Å². The van der Waals surface area contributed by atoms with E-state index in [0.29, 0.717) is 13.1 Å². The summed E-state index contributed by atoms with van der Waals surface area (Å²) >= 11 is 0. The first-order valence-electron chi connectivity index (χ1n) is 9.71. The number of hydrogen-bond acceptors (Lipinski definition) is 4. The third-order valence-electron chi connectivity index (χ3n) is 4.53. The Morgan fingerprint density at radius 1 is 1.14 bits per heavy atom. The molecule has 0 amide bonds. The van der Waals surface area contributed by atoms with Gasteiger partial charge in [-0.15, -0.1) is 0 Å². The SMILES string of the molecule is CCNC(=NCc1ccc(-n2ccnc2C)nc1)NCc1ccc(C)cc1OC. The Hall–Kier alpha value is -3.35. The normalized spacial score (nSPS) is 11.4. The van der Waals surface area contributed by atoms with Gasteiger partial charge >= 0.3 is 0 Å². The van der Waals surface area contributed by atoms with Gasteiger partial charge in [-0.2, -0.15) is 0 Å². The van der Waals surface area contributed by atoms with E-state index in [-0.39, 0.29) is 0 Å². The number of nitrogens with one attached hydrogen (secondary N) is 2. The average Bonchev–Trinajstić information content (AvgIpc) is 3.17. The van der Waals surface area contributed by atoms with Crippen LogP contribution in [0.1, 0.15) is 29.4 Å². The zero-order valence-electron chi connectivity index (χ0n) is 17.4. The van der Waals surface area contributed by atoms with Crippen LogP contribution < -0.4 is 15.4 Å². The summed E-state index contributed by atoms with van der Waals surface area (Å²) in [7, 11) is 1.69. The van der Waals surface area contributed by atoms with Crippen LogP contribution in [0.4, 0.5) is 0 Å². The highest BCUT2D eigenvalue weighted by Gasteiger charge is 2.06. The quantitative estimate of drug-likeness (QED) is 0.477. The third kappa shape index (κ3) is 5.34. The minimum Gasteiger partial charge on any atom is -0.496 e. The number of guanidine groups is 1. The Labute approximate surface area is 171 Å². The standard InChI is InChI=1S/C22H28N6O/c1-5-23-22(27-15-19-8-6-16(2)12-20(19)29-4)26-14-18-7-9-21(25-13-18)28-11-10-24-17(28)3/h6-13H,5,14-15H2,1-4H3,(H2,23,26,27). The Morgan fingerprint density at radius 3 is 2.66 bits per heavy atom. The van der Waals surface area contributed by atoms with Crippen LogP contribution in [0.3, 0.4) is 0 Å². The van der Waals surface area contributed by atoms with Gasteiger partial charge in [0.05, 0.1) is 13.7 Å². The molecule has 0 saturated carbocycles. The number of pyridine rings is 1. The second-order valence-corrected chi connectivity index (χ2v) is 6.73. The van der Waals surface area contributed by atoms with E-state index in [1.807, 2.05) is 49.0 Å². The monoisotopic (exact) mass is 392 g/mol. The summed E-state index contributed by atoms with van der Waals surface area (Å²) in [6.07, 6.45) is 5.53. The summed E-state index contributed by atoms with van der Waals surface area (Å²) in [5.41, 5.74) is 3.30. The van der Waals surface area contributed by atoms with Crippen LogP contribution in [0.5, 0.6) is 5.75 Å². The van der Waals surface area contributed by atoms with Crippen LogP contribution in [0.2, 0.25) is 0 Å². The highest BCUT2D eigenvalue weighted by molar-refractivity contribution is 5.79. The maximum atomic E-state index is 5.48. The Morgan fingerprint density at radius 2 is 2.00 bits per heavy atom. The zero-order valence-corrected chi connectivity index (χ0v) is 17.4. The molecule has 7 nitrogen and oxygen atoms in total. The lowest BCUT2D eigenvalue weighted by atomic mass is 10.1. The maximum absolute atomic E-state index is 5.48. The van der Waals surface area contributed by atoms with Crippen LogP contribution >= 0.6 is 0 Å². The number of aryl methyl sites for hydroxylation is 2. The van der Waals surface area contributed by atoms with E-state index >= 15 is 0 Å². The van der Waals surface area contributed by atoms with E-state index in [1.165, 1.54) is 5.56 Å². The van der Waals surface area contributed by atoms with Gasteiger partial charge < -0.3 is 15.4 Å². The van der Waals surface area contributed by atoms with E-state index in [0.717, 1.165) is 41.0 Å². The molecule has 29 heavy (non-hydrogen) atoms. The van der Waals surface area contributed by atoms with Gasteiger partial charge in [0.1, 0.15) is 17.4 Å². The fourth-order valence-corrected chi connectivity index (χ4v) is 2.96. The van der Waals surface area contributed by atoms with Crippen LogP contribution in [0.25, 0.3) is 5.82 Å². The lowest BCUT2D eigenvalue weighted by Gasteiger charge is -2.14. The second-order valence-electron chi connectivity index (χ2n) is 6.73. The van der Waals surface area contributed by atoms with Crippen molar-refractivity contribution < 1.29 is 4.74 Å². The van der Waals surface area contributed by atoms with Crippen molar-refractivity contribution in [1.29, 1.82) is 0 Å². The van der Waals surface area contributed by atoms with Crippen molar-refractivity contribution in [3.05, 3.63) is 71.4 Å².